The van der Waals surface area contributed by atoms with Crippen molar-refractivity contribution in [3.63, 3.8) is 0 Å². The summed E-state index contributed by atoms with van der Waals surface area (Å²) in [4.78, 5) is 10.6. The Hall–Kier alpha value is -1.78. The molecule has 0 saturated heterocycles. The molecule has 0 unspecified atom stereocenters. The number of rotatable bonds is 0. The van der Waals surface area contributed by atoms with Gasteiger partial charge in [-0.15, -0.1) is 5.10 Å². The van der Waals surface area contributed by atoms with Crippen LogP contribution < -0.4 is 0 Å². The molecule has 0 radical (unpaired) electrons. The summed E-state index contributed by atoms with van der Waals surface area (Å²) in [5, 5.41) is 7.85. The lowest BCUT2D eigenvalue weighted by molar-refractivity contribution is 0.676. The van der Waals surface area contributed by atoms with Crippen molar-refractivity contribution in [2.75, 3.05) is 13.1 Å². The predicted octanol–water partition coefficient (Wildman–Crippen LogP) is 0.212. The molecule has 5 nitrogen and oxygen atoms in total. The number of hydrogen-bond acceptors (Lipinski definition) is 5. The van der Waals surface area contributed by atoms with Crippen molar-refractivity contribution in [2.45, 2.75) is 0 Å². The summed E-state index contributed by atoms with van der Waals surface area (Å²) in [6.07, 6.45) is 3.44. The molecule has 1 aromatic heterocycles. The van der Waals surface area contributed by atoms with Crippen molar-refractivity contribution >= 4 is 17.9 Å². The number of fused-ring (bicyclic) bond motifs is 3. The molecule has 0 bridgehead atoms. The smallest absolute Gasteiger partial charge is 0.159 e. The van der Waals surface area contributed by atoms with Crippen molar-refractivity contribution in [1.82, 2.24) is 15.1 Å². The third-order valence-electron chi connectivity index (χ3n) is 2.12. The summed E-state index contributed by atoms with van der Waals surface area (Å²) >= 11 is 0. The Bertz CT molecular complexity index is 409. The third-order valence-corrected chi connectivity index (χ3v) is 2.12. The molecule has 0 spiro atoms. The summed E-state index contributed by atoms with van der Waals surface area (Å²) in [6.45, 7) is 1.71. The van der Waals surface area contributed by atoms with Gasteiger partial charge in [-0.05, 0) is 6.07 Å². The number of nitrogens with zero attached hydrogens (tertiary/aromatic N) is 5. The summed E-state index contributed by atoms with van der Waals surface area (Å²) < 4.78 is 0. The highest BCUT2D eigenvalue weighted by Crippen LogP contribution is 2.22. The van der Waals surface area contributed by atoms with Crippen molar-refractivity contribution in [1.29, 1.82) is 0 Å². The minimum atomic E-state index is 0.794. The van der Waals surface area contributed by atoms with E-state index in [1.54, 1.807) is 12.5 Å². The highest BCUT2D eigenvalue weighted by Gasteiger charge is 2.24. The number of amidine groups is 1. The van der Waals surface area contributed by atoms with Gasteiger partial charge in [0, 0.05) is 6.54 Å². The molecular weight excluding hydrogens is 166 g/mol. The Morgan fingerprint density at radius 3 is 3.38 bits per heavy atom. The van der Waals surface area contributed by atoms with Crippen LogP contribution in [-0.2, 0) is 0 Å². The van der Waals surface area contributed by atoms with Crippen LogP contribution >= 0.6 is 0 Å². The Balaban J connectivity index is 2.23. The molecule has 0 aromatic carbocycles. The Labute approximate surface area is 74.8 Å². The van der Waals surface area contributed by atoms with E-state index in [4.69, 9.17) is 0 Å². The first-order valence-electron chi connectivity index (χ1n) is 4.12. The Morgan fingerprint density at radius 1 is 1.38 bits per heavy atom. The summed E-state index contributed by atoms with van der Waals surface area (Å²) in [5.74, 6) is 0.901. The van der Waals surface area contributed by atoms with Crippen molar-refractivity contribution in [3.8, 4) is 0 Å². The van der Waals surface area contributed by atoms with Crippen LogP contribution in [-0.4, -0.2) is 40.4 Å². The van der Waals surface area contributed by atoms with Gasteiger partial charge >= 0.3 is 0 Å². The van der Waals surface area contributed by atoms with E-state index in [1.807, 2.05) is 11.0 Å². The molecule has 3 rings (SSSR count). The van der Waals surface area contributed by atoms with Gasteiger partial charge < -0.3 is 4.90 Å². The van der Waals surface area contributed by atoms with Crippen LogP contribution in [0.3, 0.4) is 0 Å². The van der Waals surface area contributed by atoms with Gasteiger partial charge in [-0.2, -0.15) is 5.10 Å². The van der Waals surface area contributed by atoms with Gasteiger partial charge in [-0.25, -0.2) is 4.99 Å². The highest BCUT2D eigenvalue weighted by molar-refractivity contribution is 6.09. The molecule has 0 saturated carbocycles. The fourth-order valence-electron chi connectivity index (χ4n) is 1.50. The van der Waals surface area contributed by atoms with Gasteiger partial charge in [-0.3, -0.25) is 4.99 Å². The maximum absolute atomic E-state index is 4.35. The molecule has 0 atom stereocenters. The average molecular weight is 173 g/mol. The average Bonchev–Trinajstić information content (AvgIpc) is 2.65. The molecular formula is C8H7N5. The highest BCUT2D eigenvalue weighted by atomic mass is 15.3. The zero-order chi connectivity index (χ0) is 8.67. The van der Waals surface area contributed by atoms with E-state index in [0.717, 1.165) is 30.3 Å². The predicted molar refractivity (Wildman–Crippen MR) is 48.3 cm³/mol. The number of hydrogen-bond donors (Lipinski definition) is 0. The summed E-state index contributed by atoms with van der Waals surface area (Å²) in [7, 11) is 0. The van der Waals surface area contributed by atoms with Crippen LogP contribution in [0.5, 0.6) is 0 Å². The topological polar surface area (TPSA) is 53.7 Å². The Kier molecular flexibility index (Phi) is 1.21. The van der Waals surface area contributed by atoms with E-state index in [1.165, 1.54) is 0 Å². The first-order chi connectivity index (χ1) is 6.45. The van der Waals surface area contributed by atoms with E-state index in [0.29, 0.717) is 0 Å². The molecule has 13 heavy (non-hydrogen) atoms. The second kappa shape index (κ2) is 2.35. The van der Waals surface area contributed by atoms with Crippen molar-refractivity contribution in [3.05, 3.63) is 18.0 Å². The van der Waals surface area contributed by atoms with Crippen molar-refractivity contribution < 1.29 is 0 Å². The van der Waals surface area contributed by atoms with Gasteiger partial charge in [0.1, 0.15) is 0 Å². The second-order valence-electron chi connectivity index (χ2n) is 2.91. The fraction of sp³-hybridized carbons (Fsp3) is 0.250. The quantitative estimate of drug-likeness (QED) is 0.563. The SMILES string of the molecule is C1=Nc2ccnnc2C2=NCCN12. The van der Waals surface area contributed by atoms with Gasteiger partial charge in [0.05, 0.1) is 24.8 Å². The van der Waals surface area contributed by atoms with Crippen LogP contribution in [0.1, 0.15) is 5.69 Å². The molecule has 1 aromatic rings. The van der Waals surface area contributed by atoms with Crippen LogP contribution in [0.15, 0.2) is 22.2 Å². The van der Waals surface area contributed by atoms with Crippen LogP contribution in [0.2, 0.25) is 0 Å². The molecule has 2 aliphatic rings. The van der Waals surface area contributed by atoms with Crippen molar-refractivity contribution in [2.24, 2.45) is 9.98 Å². The standard InChI is InChI=1S/C8H7N5/c1-2-11-12-7-6(1)10-5-13-4-3-9-8(7)13/h1-2,5H,3-4H2. The minimum absolute atomic E-state index is 0.794. The molecule has 0 aliphatic carbocycles. The van der Waals surface area contributed by atoms with Gasteiger partial charge in [0.2, 0.25) is 0 Å². The molecule has 3 heterocycles. The largest absolute Gasteiger partial charge is 0.314 e. The zero-order valence-corrected chi connectivity index (χ0v) is 6.88. The lowest BCUT2D eigenvalue weighted by Gasteiger charge is -2.18. The molecule has 5 heteroatoms. The molecule has 0 fully saturated rings. The summed E-state index contributed by atoms with van der Waals surface area (Å²) in [5.41, 5.74) is 1.65. The molecule has 2 aliphatic heterocycles. The van der Waals surface area contributed by atoms with E-state index < -0.39 is 0 Å². The van der Waals surface area contributed by atoms with Gasteiger partial charge in [-0.1, -0.05) is 0 Å². The first kappa shape index (κ1) is 6.71. The summed E-state index contributed by atoms with van der Waals surface area (Å²) in [6, 6.07) is 1.84. The van der Waals surface area contributed by atoms with Crippen LogP contribution in [0.25, 0.3) is 0 Å². The van der Waals surface area contributed by atoms with E-state index in [-0.39, 0.29) is 0 Å². The lowest BCUT2D eigenvalue weighted by atomic mass is 10.2. The zero-order valence-electron chi connectivity index (χ0n) is 6.88. The first-order valence-corrected chi connectivity index (χ1v) is 4.12. The maximum Gasteiger partial charge on any atom is 0.159 e. The number of aliphatic imine (C=N–C) groups is 2. The van der Waals surface area contributed by atoms with E-state index in [9.17, 15) is 0 Å². The monoisotopic (exact) mass is 173 g/mol. The Morgan fingerprint density at radius 2 is 2.38 bits per heavy atom. The molecule has 64 valence electrons. The fourth-order valence-corrected chi connectivity index (χ4v) is 1.50. The minimum Gasteiger partial charge on any atom is -0.314 e. The maximum atomic E-state index is 4.35. The molecule has 0 amide bonds. The molecule has 0 N–H and O–H groups in total. The van der Waals surface area contributed by atoms with E-state index in [2.05, 4.69) is 20.2 Å². The van der Waals surface area contributed by atoms with E-state index >= 15 is 0 Å². The van der Waals surface area contributed by atoms with Gasteiger partial charge in [0.15, 0.2) is 11.5 Å². The van der Waals surface area contributed by atoms with Crippen LogP contribution in [0, 0.1) is 0 Å². The van der Waals surface area contributed by atoms with Crippen LogP contribution in [0.4, 0.5) is 5.69 Å². The second-order valence-corrected chi connectivity index (χ2v) is 2.91. The normalized spacial score (nSPS) is 18.2. The lowest BCUT2D eigenvalue weighted by Crippen LogP contribution is -2.30. The number of aromatic nitrogens is 2. The van der Waals surface area contributed by atoms with Gasteiger partial charge in [0.25, 0.3) is 0 Å². The third kappa shape index (κ3) is 0.867.